The molecule has 0 spiro atoms. The van der Waals surface area contributed by atoms with Crippen molar-refractivity contribution in [3.05, 3.63) is 65.0 Å². The van der Waals surface area contributed by atoms with Crippen LogP contribution in [-0.4, -0.2) is 7.85 Å². The van der Waals surface area contributed by atoms with Crippen LogP contribution in [0.1, 0.15) is 16.7 Å². The van der Waals surface area contributed by atoms with Crippen LogP contribution in [0.3, 0.4) is 0 Å². The van der Waals surface area contributed by atoms with E-state index >= 15 is 0 Å². The van der Waals surface area contributed by atoms with Crippen molar-refractivity contribution in [1.82, 2.24) is 0 Å². The van der Waals surface area contributed by atoms with Gasteiger partial charge in [-0.2, -0.15) is 13.2 Å². The van der Waals surface area contributed by atoms with E-state index in [-0.39, 0.29) is 19.0 Å². The number of rotatable bonds is 4. The van der Waals surface area contributed by atoms with Crippen LogP contribution in [0.4, 0.5) is 17.6 Å². The number of ether oxygens (including phenoxy) is 1. The zero-order chi connectivity index (χ0) is 15.5. The van der Waals surface area contributed by atoms with Crippen molar-refractivity contribution in [3.63, 3.8) is 0 Å². The average Bonchev–Trinajstić information content (AvgIpc) is 2.42. The van der Waals surface area contributed by atoms with Crippen LogP contribution >= 0.6 is 0 Å². The lowest BCUT2D eigenvalue weighted by Gasteiger charge is -2.09. The summed E-state index contributed by atoms with van der Waals surface area (Å²) in [6.07, 6.45) is -4.36. The smallest absolute Gasteiger partial charge is 0.372 e. The Morgan fingerprint density at radius 2 is 1.62 bits per heavy atom. The van der Waals surface area contributed by atoms with E-state index in [0.717, 1.165) is 12.1 Å². The summed E-state index contributed by atoms with van der Waals surface area (Å²) in [5.74, 6) is -0.324. The number of halogens is 4. The predicted octanol–water partition coefficient (Wildman–Crippen LogP) is 2.82. The van der Waals surface area contributed by atoms with Gasteiger partial charge in [-0.05, 0) is 29.3 Å². The summed E-state index contributed by atoms with van der Waals surface area (Å²) in [6, 6.07) is 9.69. The highest BCUT2D eigenvalue weighted by Gasteiger charge is 2.30. The normalized spacial score (nSPS) is 11.6. The largest absolute Gasteiger partial charge is 0.416 e. The first kappa shape index (κ1) is 15.6. The van der Waals surface area contributed by atoms with Gasteiger partial charge in [0.05, 0.1) is 18.8 Å². The number of hydrogen-bond donors (Lipinski definition) is 0. The van der Waals surface area contributed by atoms with E-state index in [4.69, 9.17) is 4.74 Å². The molecule has 0 amide bonds. The molecule has 6 heteroatoms. The van der Waals surface area contributed by atoms with E-state index in [1.807, 2.05) is 0 Å². The maximum Gasteiger partial charge on any atom is 0.416 e. The van der Waals surface area contributed by atoms with Gasteiger partial charge in [0, 0.05) is 0 Å². The van der Waals surface area contributed by atoms with Gasteiger partial charge in [0.1, 0.15) is 13.7 Å². The zero-order valence-electron chi connectivity index (χ0n) is 11.4. The molecule has 110 valence electrons. The molecule has 0 unspecified atom stereocenters. The first-order valence-electron chi connectivity index (χ1n) is 6.35. The van der Waals surface area contributed by atoms with Gasteiger partial charge in [0.25, 0.3) is 0 Å². The van der Waals surface area contributed by atoms with E-state index in [1.165, 1.54) is 12.1 Å². The molecule has 0 radical (unpaired) electrons. The van der Waals surface area contributed by atoms with Crippen LogP contribution in [-0.2, 0) is 24.1 Å². The molecule has 0 aromatic heterocycles. The highest BCUT2D eigenvalue weighted by molar-refractivity contribution is 6.32. The molecular weight excluding hydrogens is 283 g/mol. The Kier molecular flexibility index (Phi) is 4.68. The van der Waals surface area contributed by atoms with Gasteiger partial charge in [-0.1, -0.05) is 29.7 Å². The molecule has 0 aliphatic rings. The van der Waals surface area contributed by atoms with Gasteiger partial charge in [0.2, 0.25) is 0 Å². The first-order valence-corrected chi connectivity index (χ1v) is 6.35. The zero-order valence-corrected chi connectivity index (χ0v) is 11.4. The summed E-state index contributed by atoms with van der Waals surface area (Å²) >= 11 is 0. The lowest BCUT2D eigenvalue weighted by molar-refractivity contribution is -0.137. The Bertz CT molecular complexity index is 625. The second-order valence-corrected chi connectivity index (χ2v) is 4.77. The number of alkyl halides is 3. The summed E-state index contributed by atoms with van der Waals surface area (Å²) in [6.45, 7) is 0.187. The fourth-order valence-corrected chi connectivity index (χ4v) is 1.85. The van der Waals surface area contributed by atoms with Crippen molar-refractivity contribution >= 4 is 13.3 Å². The summed E-state index contributed by atoms with van der Waals surface area (Å²) in [5, 5.41) is 0. The van der Waals surface area contributed by atoms with E-state index in [2.05, 4.69) is 0 Å². The summed E-state index contributed by atoms with van der Waals surface area (Å²) in [5.41, 5.74) is 0.907. The molecule has 0 heterocycles. The van der Waals surface area contributed by atoms with Crippen LogP contribution < -0.4 is 5.46 Å². The third-order valence-corrected chi connectivity index (χ3v) is 3.03. The van der Waals surface area contributed by atoms with Crippen molar-refractivity contribution in [2.75, 3.05) is 0 Å². The molecule has 2 aromatic rings. The van der Waals surface area contributed by atoms with Crippen molar-refractivity contribution in [2.45, 2.75) is 19.4 Å². The molecule has 1 nitrogen and oxygen atoms in total. The molecule has 2 rings (SSSR count). The Labute approximate surface area is 121 Å². The number of hydrogen-bond acceptors (Lipinski definition) is 1. The first-order chi connectivity index (χ1) is 9.86. The van der Waals surface area contributed by atoms with Crippen molar-refractivity contribution < 1.29 is 22.3 Å². The van der Waals surface area contributed by atoms with Gasteiger partial charge >= 0.3 is 6.18 Å². The molecule has 0 fully saturated rings. The second-order valence-electron chi connectivity index (χ2n) is 4.77. The van der Waals surface area contributed by atoms with Gasteiger partial charge in [-0.25, -0.2) is 4.39 Å². The Balaban J connectivity index is 1.96. The molecule has 0 saturated heterocycles. The quantitative estimate of drug-likeness (QED) is 0.623. The Hall–Kier alpha value is -1.82. The van der Waals surface area contributed by atoms with E-state index < -0.39 is 11.7 Å². The van der Waals surface area contributed by atoms with E-state index in [9.17, 15) is 17.6 Å². The molecule has 0 N–H and O–H groups in total. The molecule has 2 aromatic carbocycles. The van der Waals surface area contributed by atoms with E-state index in [1.54, 1.807) is 26.0 Å². The topological polar surface area (TPSA) is 9.23 Å². The summed E-state index contributed by atoms with van der Waals surface area (Å²) in [7, 11) is 1.66. The van der Waals surface area contributed by atoms with Crippen LogP contribution in [0.2, 0.25) is 0 Å². The minimum absolute atomic E-state index is 0.0411. The predicted molar refractivity (Wildman–Crippen MR) is 74.5 cm³/mol. The Morgan fingerprint density at radius 3 is 2.24 bits per heavy atom. The Morgan fingerprint density at radius 1 is 0.952 bits per heavy atom. The molecule has 0 bridgehead atoms. The lowest BCUT2D eigenvalue weighted by Crippen LogP contribution is -2.08. The van der Waals surface area contributed by atoms with Crippen LogP contribution in [0.5, 0.6) is 0 Å². The second kappa shape index (κ2) is 6.31. The molecule has 0 aliphatic heterocycles. The minimum Gasteiger partial charge on any atom is -0.372 e. The lowest BCUT2D eigenvalue weighted by atomic mass is 9.94. The molecule has 0 saturated carbocycles. The molecule has 0 aliphatic carbocycles. The van der Waals surface area contributed by atoms with Crippen molar-refractivity contribution in [2.24, 2.45) is 0 Å². The van der Waals surface area contributed by atoms with Gasteiger partial charge in [-0.3, -0.25) is 0 Å². The molecular formula is C15H13BF4O. The maximum absolute atomic E-state index is 13.3. The van der Waals surface area contributed by atoms with Gasteiger partial charge in [-0.15, -0.1) is 0 Å². The van der Waals surface area contributed by atoms with Crippen LogP contribution in [0.15, 0.2) is 42.5 Å². The third-order valence-electron chi connectivity index (χ3n) is 3.03. The van der Waals surface area contributed by atoms with E-state index in [0.29, 0.717) is 16.6 Å². The standard InChI is InChI=1S/C15H13BF4O/c16-13-5-4-11(7-14(13)17)9-21-8-10-2-1-3-12(6-10)15(18,19)20/h1-7H,8-9,16H2. The third kappa shape index (κ3) is 4.33. The van der Waals surface area contributed by atoms with Crippen molar-refractivity contribution in [3.8, 4) is 0 Å². The molecule has 21 heavy (non-hydrogen) atoms. The fraction of sp³-hybridized carbons (Fsp3) is 0.200. The molecule has 0 atom stereocenters. The summed E-state index contributed by atoms with van der Waals surface area (Å²) < 4.78 is 56.3. The fourth-order valence-electron chi connectivity index (χ4n) is 1.85. The highest BCUT2D eigenvalue weighted by atomic mass is 19.4. The minimum atomic E-state index is -4.36. The van der Waals surface area contributed by atoms with Gasteiger partial charge < -0.3 is 4.74 Å². The highest BCUT2D eigenvalue weighted by Crippen LogP contribution is 2.29. The summed E-state index contributed by atoms with van der Waals surface area (Å²) in [4.78, 5) is 0. The monoisotopic (exact) mass is 296 g/mol. The van der Waals surface area contributed by atoms with Crippen LogP contribution in [0, 0.1) is 5.82 Å². The SMILES string of the molecule is Bc1ccc(COCc2cccc(C(F)(F)F)c2)cc1F. The average molecular weight is 296 g/mol. The maximum atomic E-state index is 13.3. The number of benzene rings is 2. The van der Waals surface area contributed by atoms with Crippen LogP contribution in [0.25, 0.3) is 0 Å². The van der Waals surface area contributed by atoms with Crippen molar-refractivity contribution in [1.29, 1.82) is 0 Å². The van der Waals surface area contributed by atoms with Gasteiger partial charge in [0.15, 0.2) is 0 Å².